The summed E-state index contributed by atoms with van der Waals surface area (Å²) in [5, 5.41) is 3.48. The van der Waals surface area contributed by atoms with Crippen molar-refractivity contribution in [2.24, 2.45) is 34.0 Å². The topological polar surface area (TPSA) is 38.3 Å². The molecule has 138 valence electrons. The predicted octanol–water partition coefficient (Wildman–Crippen LogP) is 4.40. The van der Waals surface area contributed by atoms with Gasteiger partial charge in [-0.2, -0.15) is 0 Å². The quantitative estimate of drug-likeness (QED) is 0.830. The van der Waals surface area contributed by atoms with Crippen LogP contribution < -0.4 is 5.32 Å². The van der Waals surface area contributed by atoms with Crippen LogP contribution in [0.5, 0.6) is 0 Å². The second kappa shape index (κ2) is 5.72. The number of fused-ring (bicyclic) bond motifs is 1. The largest absolute Gasteiger partial charge is 0.378 e. The molecule has 0 aromatic carbocycles. The third kappa shape index (κ3) is 2.81. The Morgan fingerprint density at radius 2 is 1.96 bits per heavy atom. The van der Waals surface area contributed by atoms with E-state index in [0.717, 1.165) is 19.4 Å². The van der Waals surface area contributed by atoms with Crippen LogP contribution in [-0.4, -0.2) is 24.7 Å². The Morgan fingerprint density at radius 3 is 2.54 bits per heavy atom. The van der Waals surface area contributed by atoms with Crippen molar-refractivity contribution in [3.63, 3.8) is 0 Å². The number of carbonyl (C=O) groups excluding carboxylic acids is 1. The molecule has 1 N–H and O–H groups in total. The van der Waals surface area contributed by atoms with Gasteiger partial charge in [0.05, 0.1) is 6.10 Å². The fraction of sp³-hybridized carbons (Fsp3) is 0.952. The lowest BCUT2D eigenvalue weighted by atomic mass is 9.58. The third-order valence-electron chi connectivity index (χ3n) is 7.25. The maximum Gasteiger partial charge on any atom is 0.222 e. The van der Waals surface area contributed by atoms with Crippen LogP contribution in [0.4, 0.5) is 0 Å². The van der Waals surface area contributed by atoms with E-state index in [2.05, 4.69) is 39.9 Å². The minimum Gasteiger partial charge on any atom is -0.378 e. The highest BCUT2D eigenvalue weighted by Gasteiger charge is 2.68. The van der Waals surface area contributed by atoms with Crippen LogP contribution in [0.25, 0.3) is 0 Å². The molecular weight excluding hydrogens is 298 g/mol. The summed E-state index contributed by atoms with van der Waals surface area (Å²) in [6.45, 7) is 16.5. The molecule has 3 nitrogen and oxygen atoms in total. The monoisotopic (exact) mass is 335 g/mol. The van der Waals surface area contributed by atoms with Crippen molar-refractivity contribution in [2.75, 3.05) is 6.61 Å². The molecule has 1 heterocycles. The van der Waals surface area contributed by atoms with Gasteiger partial charge in [0.2, 0.25) is 5.91 Å². The van der Waals surface area contributed by atoms with Crippen molar-refractivity contribution in [2.45, 2.75) is 86.3 Å². The number of amides is 1. The van der Waals surface area contributed by atoms with E-state index in [9.17, 15) is 4.79 Å². The van der Waals surface area contributed by atoms with E-state index >= 15 is 0 Å². The minimum atomic E-state index is 0.0555. The zero-order valence-corrected chi connectivity index (χ0v) is 16.7. The third-order valence-corrected chi connectivity index (χ3v) is 7.25. The van der Waals surface area contributed by atoms with Crippen molar-refractivity contribution in [3.05, 3.63) is 0 Å². The van der Waals surface area contributed by atoms with E-state index in [1.165, 1.54) is 12.8 Å². The Morgan fingerprint density at radius 1 is 1.29 bits per heavy atom. The SMILES string of the molecule is CC(C)C(=O)N[C@H]1C(C)(C)[C@@H]2C[C@@H]3[C@@H](CC(C)(C)C)OCC[C@@]31C2. The first-order valence-corrected chi connectivity index (χ1v) is 9.89. The lowest BCUT2D eigenvalue weighted by Crippen LogP contribution is -2.61. The minimum absolute atomic E-state index is 0.0555. The second-order valence-corrected chi connectivity index (χ2v) is 10.8. The van der Waals surface area contributed by atoms with E-state index in [0.29, 0.717) is 24.0 Å². The van der Waals surface area contributed by atoms with E-state index in [-0.39, 0.29) is 28.1 Å². The summed E-state index contributed by atoms with van der Waals surface area (Å²) < 4.78 is 6.27. The van der Waals surface area contributed by atoms with Gasteiger partial charge in [-0.25, -0.2) is 0 Å². The molecule has 1 spiro atoms. The molecule has 3 rings (SSSR count). The molecule has 0 aromatic rings. The Balaban J connectivity index is 1.88. The molecule has 1 saturated heterocycles. The fourth-order valence-corrected chi connectivity index (χ4v) is 6.02. The summed E-state index contributed by atoms with van der Waals surface area (Å²) in [6, 6.07) is 0.301. The average Bonchev–Trinajstić information content (AvgIpc) is 2.91. The Hall–Kier alpha value is -0.570. The van der Waals surface area contributed by atoms with Crippen LogP contribution in [-0.2, 0) is 9.53 Å². The molecule has 2 bridgehead atoms. The smallest absolute Gasteiger partial charge is 0.222 e. The summed E-state index contributed by atoms with van der Waals surface area (Å²) in [7, 11) is 0. The lowest BCUT2D eigenvalue weighted by molar-refractivity contribution is -0.142. The van der Waals surface area contributed by atoms with Crippen LogP contribution >= 0.6 is 0 Å². The van der Waals surface area contributed by atoms with Crippen LogP contribution in [0.1, 0.15) is 74.1 Å². The molecule has 0 aromatic heterocycles. The van der Waals surface area contributed by atoms with Crippen molar-refractivity contribution in [3.8, 4) is 0 Å². The van der Waals surface area contributed by atoms with Crippen molar-refractivity contribution >= 4 is 5.91 Å². The maximum absolute atomic E-state index is 12.5. The Labute approximate surface area is 148 Å². The van der Waals surface area contributed by atoms with Crippen molar-refractivity contribution in [1.82, 2.24) is 5.32 Å². The first kappa shape index (κ1) is 18.2. The maximum atomic E-state index is 12.5. The number of hydrogen-bond acceptors (Lipinski definition) is 2. The summed E-state index contributed by atoms with van der Waals surface area (Å²) in [5.41, 5.74) is 0.745. The highest BCUT2D eigenvalue weighted by Crippen LogP contribution is 2.69. The molecule has 24 heavy (non-hydrogen) atoms. The zero-order chi connectivity index (χ0) is 17.9. The van der Waals surface area contributed by atoms with Crippen molar-refractivity contribution in [1.29, 1.82) is 0 Å². The first-order chi connectivity index (χ1) is 11.0. The van der Waals surface area contributed by atoms with Gasteiger partial charge in [-0.15, -0.1) is 0 Å². The predicted molar refractivity (Wildman–Crippen MR) is 97.6 cm³/mol. The number of carbonyl (C=O) groups is 1. The molecule has 3 fully saturated rings. The van der Waals surface area contributed by atoms with Crippen LogP contribution in [0.15, 0.2) is 0 Å². The van der Waals surface area contributed by atoms with Gasteiger partial charge in [0.25, 0.3) is 0 Å². The van der Waals surface area contributed by atoms with Crippen LogP contribution in [0.3, 0.4) is 0 Å². The first-order valence-electron chi connectivity index (χ1n) is 9.89. The van der Waals surface area contributed by atoms with Gasteiger partial charge in [0.1, 0.15) is 0 Å². The highest BCUT2D eigenvalue weighted by molar-refractivity contribution is 5.78. The molecule has 0 unspecified atom stereocenters. The Kier molecular flexibility index (Phi) is 4.35. The lowest BCUT2D eigenvalue weighted by Gasteiger charge is -2.54. The molecule has 2 saturated carbocycles. The van der Waals surface area contributed by atoms with Gasteiger partial charge < -0.3 is 10.1 Å². The molecule has 1 amide bonds. The summed E-state index contributed by atoms with van der Waals surface area (Å²) in [5.74, 6) is 1.60. The number of rotatable bonds is 3. The molecule has 3 aliphatic rings. The fourth-order valence-electron chi connectivity index (χ4n) is 6.02. The molecule has 0 radical (unpaired) electrons. The molecule has 1 aliphatic heterocycles. The Bertz CT molecular complexity index is 504. The van der Waals surface area contributed by atoms with E-state index < -0.39 is 0 Å². The van der Waals surface area contributed by atoms with E-state index in [1.54, 1.807) is 0 Å². The van der Waals surface area contributed by atoms with Gasteiger partial charge in [0.15, 0.2) is 0 Å². The summed E-state index contributed by atoms with van der Waals surface area (Å²) in [6.07, 6.45) is 5.15. The second-order valence-electron chi connectivity index (χ2n) is 10.8. The van der Waals surface area contributed by atoms with E-state index in [1.807, 2.05) is 13.8 Å². The van der Waals surface area contributed by atoms with Crippen molar-refractivity contribution < 1.29 is 9.53 Å². The van der Waals surface area contributed by atoms with Crippen LogP contribution in [0, 0.1) is 34.0 Å². The normalized spacial score (nSPS) is 40.7. The van der Waals surface area contributed by atoms with E-state index in [4.69, 9.17) is 4.74 Å². The van der Waals surface area contributed by atoms with Gasteiger partial charge in [-0.1, -0.05) is 48.5 Å². The molecule has 5 atom stereocenters. The van der Waals surface area contributed by atoms with Gasteiger partial charge in [-0.05, 0) is 53.8 Å². The van der Waals surface area contributed by atoms with Gasteiger partial charge in [0, 0.05) is 18.6 Å². The standard InChI is InChI=1S/C21H37NO2/c1-13(2)17(23)22-18-20(6,7)14-10-15-16(12-19(3,4)5)24-9-8-21(15,18)11-14/h13-16,18H,8-12H2,1-7H3,(H,22,23)/t14-,15-,16-,18+,21-/m1/s1. The van der Waals surface area contributed by atoms with Crippen LogP contribution in [0.2, 0.25) is 0 Å². The number of hydrogen-bond donors (Lipinski definition) is 1. The molecular formula is C21H37NO2. The highest BCUT2D eigenvalue weighted by atomic mass is 16.5. The zero-order valence-electron chi connectivity index (χ0n) is 16.7. The number of nitrogens with one attached hydrogen (secondary N) is 1. The van der Waals surface area contributed by atoms with Gasteiger partial charge in [-0.3, -0.25) is 4.79 Å². The summed E-state index contributed by atoms with van der Waals surface area (Å²) >= 11 is 0. The number of ether oxygens (including phenoxy) is 1. The molecule has 2 aliphatic carbocycles. The van der Waals surface area contributed by atoms with Gasteiger partial charge >= 0.3 is 0 Å². The summed E-state index contributed by atoms with van der Waals surface area (Å²) in [4.78, 5) is 12.5. The average molecular weight is 336 g/mol. The molecule has 3 heteroatoms.